The minimum atomic E-state index is -3.47. The van der Waals surface area contributed by atoms with Gasteiger partial charge in [0.05, 0.1) is 0 Å². The van der Waals surface area contributed by atoms with Crippen molar-refractivity contribution in [3.05, 3.63) is 23.3 Å². The van der Waals surface area contributed by atoms with Crippen LogP contribution in [-0.2, 0) is 20.8 Å². The van der Waals surface area contributed by atoms with Crippen LogP contribution in [-0.4, -0.2) is 49.4 Å². The predicted molar refractivity (Wildman–Crippen MR) is 118 cm³/mol. The summed E-state index contributed by atoms with van der Waals surface area (Å²) in [7, 11) is 7.22. The standard InChI is InChI=1S/C14H23.3C3H8N.Hf/c1-9(2)12-7-13(10(3)4)14(8-12)11(5)6;3*1-3-4-2;/h7-11H,1-6H3;3*3H2,1-2H3;/q;3*-1;+3. The summed E-state index contributed by atoms with van der Waals surface area (Å²) in [6.07, 6.45) is 5.32. The summed E-state index contributed by atoms with van der Waals surface area (Å²) in [6.45, 7) is 24.8. The Bertz CT molecular complexity index is 523. The van der Waals surface area contributed by atoms with Gasteiger partial charge in [-0.25, -0.2) is 0 Å². The van der Waals surface area contributed by atoms with E-state index in [4.69, 9.17) is 0 Å². The van der Waals surface area contributed by atoms with E-state index in [-0.39, 0.29) is 3.17 Å². The van der Waals surface area contributed by atoms with Gasteiger partial charge in [0.1, 0.15) is 0 Å². The molecule has 0 radical (unpaired) electrons. The molecular formula is C23H47HfN3. The molecule has 0 saturated heterocycles. The van der Waals surface area contributed by atoms with E-state index in [1.165, 1.54) is 0 Å². The first kappa shape index (κ1) is 25.3. The molecule has 0 saturated carbocycles. The van der Waals surface area contributed by atoms with Crippen molar-refractivity contribution in [3.63, 3.8) is 0 Å². The molecule has 0 aromatic carbocycles. The summed E-state index contributed by atoms with van der Waals surface area (Å²) < 4.78 is 8.57. The average Bonchev–Trinajstić information content (AvgIpc) is 3.04. The van der Waals surface area contributed by atoms with Gasteiger partial charge in [-0.1, -0.05) is 0 Å². The zero-order chi connectivity index (χ0) is 21.2. The molecule has 0 fully saturated rings. The van der Waals surface area contributed by atoms with Crippen LogP contribution in [0.25, 0.3) is 0 Å². The number of rotatable bonds is 10. The van der Waals surface area contributed by atoms with Gasteiger partial charge in [0.2, 0.25) is 0 Å². The summed E-state index contributed by atoms with van der Waals surface area (Å²) in [4.78, 5) is 0. The van der Waals surface area contributed by atoms with Crippen LogP contribution in [0.3, 0.4) is 0 Å². The third kappa shape index (κ3) is 3.98. The second-order valence-electron chi connectivity index (χ2n) is 9.26. The predicted octanol–water partition coefficient (Wildman–Crippen LogP) is 5.73. The van der Waals surface area contributed by atoms with Gasteiger partial charge in [0, 0.05) is 0 Å². The molecule has 1 atom stereocenters. The summed E-state index contributed by atoms with van der Waals surface area (Å²) in [5.74, 6) is 1.73. The van der Waals surface area contributed by atoms with Gasteiger partial charge in [-0.2, -0.15) is 0 Å². The molecule has 0 spiro atoms. The van der Waals surface area contributed by atoms with Crippen molar-refractivity contribution in [2.75, 3.05) is 40.8 Å². The molecule has 0 amide bonds. The van der Waals surface area contributed by atoms with Gasteiger partial charge in [-0.05, 0) is 0 Å². The van der Waals surface area contributed by atoms with Crippen molar-refractivity contribution in [2.24, 2.45) is 17.8 Å². The molecule has 27 heavy (non-hydrogen) atoms. The van der Waals surface area contributed by atoms with E-state index in [0.717, 1.165) is 19.6 Å². The number of nitrogens with zero attached hydrogens (tertiary/aromatic N) is 3. The van der Waals surface area contributed by atoms with Gasteiger partial charge < -0.3 is 0 Å². The van der Waals surface area contributed by atoms with E-state index in [0.29, 0.717) is 17.8 Å². The van der Waals surface area contributed by atoms with Crippen LogP contribution in [0.4, 0.5) is 0 Å². The van der Waals surface area contributed by atoms with Crippen molar-refractivity contribution in [1.29, 1.82) is 0 Å². The van der Waals surface area contributed by atoms with E-state index in [1.54, 1.807) is 11.1 Å². The maximum atomic E-state index is 2.80. The van der Waals surface area contributed by atoms with E-state index < -0.39 is 20.8 Å². The Labute approximate surface area is 176 Å². The van der Waals surface area contributed by atoms with Crippen LogP contribution >= 0.6 is 0 Å². The van der Waals surface area contributed by atoms with Crippen LogP contribution in [0.5, 0.6) is 0 Å². The molecule has 1 aliphatic carbocycles. The monoisotopic (exact) mass is 545 g/mol. The summed E-state index contributed by atoms with van der Waals surface area (Å²) >= 11 is -3.47. The molecule has 4 heteroatoms. The molecule has 0 aromatic rings. The van der Waals surface area contributed by atoms with Crippen LogP contribution in [0, 0.1) is 17.8 Å². The van der Waals surface area contributed by atoms with Crippen molar-refractivity contribution >= 4 is 0 Å². The third-order valence-electron chi connectivity index (χ3n) is 6.97. The first-order chi connectivity index (χ1) is 12.5. The van der Waals surface area contributed by atoms with Crippen molar-refractivity contribution in [2.45, 2.75) is 65.5 Å². The fourth-order valence-electron chi connectivity index (χ4n) is 5.33. The fraction of sp³-hybridized carbons (Fsp3) is 0.826. The number of hydrogen-bond donors (Lipinski definition) is 0. The molecule has 0 aliphatic heterocycles. The molecule has 0 bridgehead atoms. The fourth-order valence-corrected chi connectivity index (χ4v) is 29.9. The quantitative estimate of drug-likeness (QED) is 0.326. The minimum absolute atomic E-state index is 0.168. The average molecular weight is 544 g/mol. The van der Waals surface area contributed by atoms with Gasteiger partial charge >= 0.3 is 177 Å². The Kier molecular flexibility index (Phi) is 9.19. The molecule has 158 valence electrons. The Balaban J connectivity index is 4.03. The van der Waals surface area contributed by atoms with Crippen LogP contribution in [0.2, 0.25) is 3.17 Å². The Hall–Kier alpha value is 0.230. The van der Waals surface area contributed by atoms with E-state index in [2.05, 4.69) is 104 Å². The Morgan fingerprint density at radius 1 is 0.778 bits per heavy atom. The maximum absolute atomic E-state index is 3.47. The van der Waals surface area contributed by atoms with Crippen LogP contribution in [0.1, 0.15) is 62.3 Å². The Morgan fingerprint density at radius 2 is 1.19 bits per heavy atom. The molecule has 0 heterocycles. The third-order valence-corrected chi connectivity index (χ3v) is 29.5. The van der Waals surface area contributed by atoms with E-state index in [1.807, 2.05) is 0 Å². The first-order valence-electron chi connectivity index (χ1n) is 11.1. The van der Waals surface area contributed by atoms with Crippen molar-refractivity contribution < 1.29 is 20.8 Å². The number of allylic oxidation sites excluding steroid dienone is 4. The molecule has 0 aromatic heterocycles. The normalized spacial score (nSPS) is 21.4. The second kappa shape index (κ2) is 9.82. The van der Waals surface area contributed by atoms with Gasteiger partial charge in [-0.15, -0.1) is 0 Å². The van der Waals surface area contributed by atoms with Crippen LogP contribution < -0.4 is 0 Å². The van der Waals surface area contributed by atoms with Gasteiger partial charge in [-0.3, -0.25) is 0 Å². The molecule has 1 unspecified atom stereocenters. The molecule has 0 N–H and O–H groups in total. The first-order valence-corrected chi connectivity index (χ1v) is 17.7. The van der Waals surface area contributed by atoms with Crippen molar-refractivity contribution in [3.8, 4) is 0 Å². The second-order valence-corrected chi connectivity index (χ2v) is 25.0. The summed E-state index contributed by atoms with van der Waals surface area (Å²) in [5.41, 5.74) is 3.24. The zero-order valence-electron chi connectivity index (χ0n) is 20.3. The number of hydrogen-bond acceptors (Lipinski definition) is 3. The molecule has 3 nitrogen and oxygen atoms in total. The molecule has 1 rings (SSSR count). The van der Waals surface area contributed by atoms with Gasteiger partial charge in [0.15, 0.2) is 0 Å². The summed E-state index contributed by atoms with van der Waals surface area (Å²) in [5, 5.41) is 0. The molecular weight excluding hydrogens is 497 g/mol. The van der Waals surface area contributed by atoms with E-state index >= 15 is 0 Å². The van der Waals surface area contributed by atoms with Gasteiger partial charge in [0.25, 0.3) is 0 Å². The molecule has 1 aliphatic rings. The van der Waals surface area contributed by atoms with E-state index in [9.17, 15) is 0 Å². The zero-order valence-corrected chi connectivity index (χ0v) is 23.9. The topological polar surface area (TPSA) is 9.72 Å². The SMILES string of the molecule is CC[N](C)[Hf]([N](C)CC)([N](C)CC)[C]1(C(C)C)C=C(C(C)C)C=C1C(C)C. The van der Waals surface area contributed by atoms with Crippen molar-refractivity contribution in [1.82, 2.24) is 8.66 Å². The summed E-state index contributed by atoms with van der Waals surface area (Å²) in [6, 6.07) is 0. The Morgan fingerprint density at radius 3 is 1.44 bits per heavy atom. The van der Waals surface area contributed by atoms with Crippen LogP contribution in [0.15, 0.2) is 23.3 Å².